The van der Waals surface area contributed by atoms with Crippen LogP contribution in [0.1, 0.15) is 31.3 Å². The molecule has 0 saturated carbocycles. The number of aryl methyl sites for hydroxylation is 1. The van der Waals surface area contributed by atoms with Gasteiger partial charge >= 0.3 is 5.97 Å². The van der Waals surface area contributed by atoms with Gasteiger partial charge in [0.2, 0.25) is 0 Å². The normalized spacial score (nSPS) is 11.6. The van der Waals surface area contributed by atoms with Crippen LogP contribution in [0, 0.1) is 5.41 Å². The van der Waals surface area contributed by atoms with E-state index in [4.69, 9.17) is 9.47 Å². The zero-order valence-electron chi connectivity index (χ0n) is 18.3. The highest BCUT2D eigenvalue weighted by Crippen LogP contribution is 2.30. The number of aromatic nitrogens is 5. The van der Waals surface area contributed by atoms with Crippen LogP contribution in [-0.2, 0) is 11.8 Å². The summed E-state index contributed by atoms with van der Waals surface area (Å²) in [5, 5.41) is 12.9. The number of carbonyl (C=O) groups excluding carboxylic acids is 1. The predicted octanol–water partition coefficient (Wildman–Crippen LogP) is 4.03. The summed E-state index contributed by atoms with van der Waals surface area (Å²) in [6.45, 7) is 6.95. The lowest BCUT2D eigenvalue weighted by Crippen LogP contribution is -2.16. The number of nitrogens with zero attached hydrogens (tertiary/aromatic N) is 5. The second-order valence-electron chi connectivity index (χ2n) is 8.55. The Kier molecular flexibility index (Phi) is 5.22. The number of methoxy groups -OCH3 is 1. The third kappa shape index (κ3) is 4.14. The number of carbonyl (C=O) groups is 1. The maximum Gasteiger partial charge on any atom is 0.358 e. The fourth-order valence-corrected chi connectivity index (χ4v) is 3.28. The molecule has 0 amide bonds. The van der Waals surface area contributed by atoms with Gasteiger partial charge in [-0.3, -0.25) is 0 Å². The number of benzene rings is 2. The zero-order valence-corrected chi connectivity index (χ0v) is 18.3. The highest BCUT2D eigenvalue weighted by atomic mass is 16.5. The van der Waals surface area contributed by atoms with Crippen molar-refractivity contribution in [2.24, 2.45) is 12.5 Å². The van der Waals surface area contributed by atoms with Crippen molar-refractivity contribution < 1.29 is 14.3 Å². The van der Waals surface area contributed by atoms with E-state index < -0.39 is 5.97 Å². The molecular formula is C23H25N5O3. The fourth-order valence-electron chi connectivity index (χ4n) is 3.28. The topological polar surface area (TPSA) is 84.1 Å². The standard InChI is InChI=1S/C23H25N5O3/c1-23(2,3)14-31-16-9-6-8-15(12-16)20-13-18(22(29)30-5)25-28(20)19-11-7-10-17-21(19)27(4)26-24-17/h6-13H,14H2,1-5H3. The molecular weight excluding hydrogens is 394 g/mol. The van der Waals surface area contributed by atoms with Crippen LogP contribution in [0.2, 0.25) is 0 Å². The lowest BCUT2D eigenvalue weighted by molar-refractivity contribution is 0.0593. The summed E-state index contributed by atoms with van der Waals surface area (Å²) in [6, 6.07) is 15.2. The zero-order chi connectivity index (χ0) is 22.2. The first-order valence-electron chi connectivity index (χ1n) is 9.97. The van der Waals surface area contributed by atoms with Gasteiger partial charge < -0.3 is 9.47 Å². The minimum Gasteiger partial charge on any atom is -0.493 e. The number of hydrogen-bond acceptors (Lipinski definition) is 6. The van der Waals surface area contributed by atoms with Crippen molar-refractivity contribution in [3.8, 4) is 22.7 Å². The highest BCUT2D eigenvalue weighted by Gasteiger charge is 2.20. The molecule has 0 fully saturated rings. The van der Waals surface area contributed by atoms with E-state index >= 15 is 0 Å². The highest BCUT2D eigenvalue weighted by molar-refractivity contribution is 5.90. The summed E-state index contributed by atoms with van der Waals surface area (Å²) >= 11 is 0. The molecule has 8 heteroatoms. The molecule has 0 spiro atoms. The molecule has 0 atom stereocenters. The van der Waals surface area contributed by atoms with Crippen LogP contribution in [-0.4, -0.2) is 44.5 Å². The van der Waals surface area contributed by atoms with Gasteiger partial charge in [-0.25, -0.2) is 14.2 Å². The molecule has 2 heterocycles. The molecule has 0 aliphatic heterocycles. The van der Waals surface area contributed by atoms with Gasteiger partial charge in [0.1, 0.15) is 16.8 Å². The second-order valence-corrected chi connectivity index (χ2v) is 8.55. The van der Waals surface area contributed by atoms with Gasteiger partial charge in [-0.1, -0.05) is 44.2 Å². The van der Waals surface area contributed by atoms with Crippen molar-refractivity contribution in [3.63, 3.8) is 0 Å². The Morgan fingerprint density at radius 1 is 1.10 bits per heavy atom. The summed E-state index contributed by atoms with van der Waals surface area (Å²) < 4.78 is 14.3. The molecule has 0 unspecified atom stereocenters. The van der Waals surface area contributed by atoms with Gasteiger partial charge in [-0.15, -0.1) is 5.10 Å². The van der Waals surface area contributed by atoms with E-state index in [-0.39, 0.29) is 11.1 Å². The first-order valence-corrected chi connectivity index (χ1v) is 9.97. The number of hydrogen-bond donors (Lipinski definition) is 0. The summed E-state index contributed by atoms with van der Waals surface area (Å²) in [6.07, 6.45) is 0. The minimum absolute atomic E-state index is 0.0397. The van der Waals surface area contributed by atoms with Crippen LogP contribution in [0.3, 0.4) is 0 Å². The smallest absolute Gasteiger partial charge is 0.358 e. The third-order valence-corrected chi connectivity index (χ3v) is 4.74. The SMILES string of the molecule is COC(=O)c1cc(-c2cccc(OCC(C)(C)C)c2)n(-c2cccc3nnn(C)c23)n1. The average molecular weight is 419 g/mol. The molecule has 0 aliphatic carbocycles. The quantitative estimate of drug-likeness (QED) is 0.454. The lowest BCUT2D eigenvalue weighted by Gasteiger charge is -2.19. The average Bonchev–Trinajstić information content (AvgIpc) is 3.36. The number of ether oxygens (including phenoxy) is 2. The van der Waals surface area contributed by atoms with Crippen LogP contribution in [0.5, 0.6) is 5.75 Å². The largest absolute Gasteiger partial charge is 0.493 e. The van der Waals surface area contributed by atoms with Crippen molar-refractivity contribution in [2.75, 3.05) is 13.7 Å². The molecule has 2 aromatic carbocycles. The van der Waals surface area contributed by atoms with Gasteiger partial charge in [0.15, 0.2) is 5.69 Å². The Hall–Kier alpha value is -3.68. The Morgan fingerprint density at radius 3 is 2.61 bits per heavy atom. The molecule has 0 radical (unpaired) electrons. The van der Waals surface area contributed by atoms with E-state index in [1.807, 2.05) is 49.5 Å². The fraction of sp³-hybridized carbons (Fsp3) is 0.304. The van der Waals surface area contributed by atoms with Gasteiger partial charge in [-0.2, -0.15) is 5.10 Å². The first-order chi connectivity index (χ1) is 14.8. The number of fused-ring (bicyclic) bond motifs is 1. The summed E-state index contributed by atoms with van der Waals surface area (Å²) in [5.41, 5.74) is 4.16. The van der Waals surface area contributed by atoms with Gasteiger partial charge in [0.25, 0.3) is 0 Å². The molecule has 0 aliphatic rings. The van der Waals surface area contributed by atoms with Crippen molar-refractivity contribution in [2.45, 2.75) is 20.8 Å². The molecule has 0 bridgehead atoms. The van der Waals surface area contributed by atoms with Crippen molar-refractivity contribution >= 4 is 17.0 Å². The van der Waals surface area contributed by atoms with Crippen molar-refractivity contribution in [1.29, 1.82) is 0 Å². The van der Waals surface area contributed by atoms with E-state index in [0.29, 0.717) is 6.61 Å². The van der Waals surface area contributed by atoms with E-state index in [1.165, 1.54) is 7.11 Å². The number of rotatable bonds is 5. The molecule has 31 heavy (non-hydrogen) atoms. The first kappa shape index (κ1) is 20.6. The Bertz CT molecular complexity index is 1250. The van der Waals surface area contributed by atoms with Crippen LogP contribution in [0.15, 0.2) is 48.5 Å². The molecule has 4 aromatic rings. The Balaban J connectivity index is 1.86. The maximum atomic E-state index is 12.2. The summed E-state index contributed by atoms with van der Waals surface area (Å²) in [7, 11) is 3.16. The Morgan fingerprint density at radius 2 is 1.87 bits per heavy atom. The third-order valence-electron chi connectivity index (χ3n) is 4.74. The summed E-state index contributed by atoms with van der Waals surface area (Å²) in [5.74, 6) is 0.246. The molecule has 8 nitrogen and oxygen atoms in total. The maximum absolute atomic E-state index is 12.2. The lowest BCUT2D eigenvalue weighted by atomic mass is 9.99. The van der Waals surface area contributed by atoms with Gasteiger partial charge in [0, 0.05) is 12.6 Å². The molecule has 0 saturated heterocycles. The minimum atomic E-state index is -0.504. The number of esters is 1. The molecule has 2 aromatic heterocycles. The van der Waals surface area contributed by atoms with Crippen LogP contribution in [0.25, 0.3) is 28.0 Å². The summed E-state index contributed by atoms with van der Waals surface area (Å²) in [4.78, 5) is 12.2. The van der Waals surface area contributed by atoms with Gasteiger partial charge in [-0.05, 0) is 35.7 Å². The molecule has 4 rings (SSSR count). The van der Waals surface area contributed by atoms with Crippen molar-refractivity contribution in [3.05, 3.63) is 54.2 Å². The number of para-hydroxylation sites is 1. The monoisotopic (exact) mass is 419 g/mol. The van der Waals surface area contributed by atoms with E-state index in [1.54, 1.807) is 15.4 Å². The van der Waals surface area contributed by atoms with Crippen LogP contribution >= 0.6 is 0 Å². The van der Waals surface area contributed by atoms with Crippen LogP contribution < -0.4 is 4.74 Å². The van der Waals surface area contributed by atoms with Crippen molar-refractivity contribution in [1.82, 2.24) is 24.8 Å². The molecule has 0 N–H and O–H groups in total. The predicted molar refractivity (Wildman–Crippen MR) is 117 cm³/mol. The Labute approximate surface area is 180 Å². The second kappa shape index (κ2) is 7.86. The van der Waals surface area contributed by atoms with E-state index in [2.05, 4.69) is 36.2 Å². The van der Waals surface area contributed by atoms with E-state index in [0.717, 1.165) is 33.7 Å². The molecule has 160 valence electrons. The van der Waals surface area contributed by atoms with E-state index in [9.17, 15) is 4.79 Å². The van der Waals surface area contributed by atoms with Crippen LogP contribution in [0.4, 0.5) is 0 Å². The van der Waals surface area contributed by atoms with Gasteiger partial charge in [0.05, 0.1) is 25.1 Å².